The molecule has 4 rings (SSSR count). The summed E-state index contributed by atoms with van der Waals surface area (Å²) in [5.41, 5.74) is 2.25. The quantitative estimate of drug-likeness (QED) is 0.879. The van der Waals surface area contributed by atoms with E-state index < -0.39 is 6.04 Å². The molecule has 0 bridgehead atoms. The maximum Gasteiger partial charge on any atom is 0.256 e. The Kier molecular flexibility index (Phi) is 3.37. The van der Waals surface area contributed by atoms with Crippen LogP contribution in [0.5, 0.6) is 11.5 Å². The summed E-state index contributed by atoms with van der Waals surface area (Å²) in [6, 6.07) is 12.1. The van der Waals surface area contributed by atoms with Gasteiger partial charge in [-0.05, 0) is 30.7 Å². The molecule has 0 radical (unpaired) electrons. The van der Waals surface area contributed by atoms with Crippen LogP contribution in [-0.2, 0) is 9.59 Å². The average Bonchev–Trinajstić information content (AvgIpc) is 3.13. The molecule has 2 aliphatic rings. The van der Waals surface area contributed by atoms with Gasteiger partial charge in [-0.15, -0.1) is 0 Å². The topological polar surface area (TPSA) is 67.9 Å². The zero-order chi connectivity index (χ0) is 16.7. The highest BCUT2D eigenvalue weighted by Gasteiger charge is 2.40. The third-order valence-electron chi connectivity index (χ3n) is 4.22. The fraction of sp³-hybridized carbons (Fsp3) is 0.222. The van der Waals surface area contributed by atoms with Crippen LogP contribution in [0.1, 0.15) is 12.0 Å². The molecule has 1 saturated heterocycles. The van der Waals surface area contributed by atoms with E-state index >= 15 is 0 Å². The van der Waals surface area contributed by atoms with Crippen molar-refractivity contribution in [3.63, 3.8) is 0 Å². The van der Waals surface area contributed by atoms with E-state index in [9.17, 15) is 9.59 Å². The van der Waals surface area contributed by atoms with Crippen LogP contribution in [0.15, 0.2) is 42.5 Å². The van der Waals surface area contributed by atoms with Crippen molar-refractivity contribution >= 4 is 23.2 Å². The van der Waals surface area contributed by atoms with Crippen molar-refractivity contribution in [1.82, 2.24) is 0 Å². The Hall–Kier alpha value is -3.02. The molecule has 24 heavy (non-hydrogen) atoms. The van der Waals surface area contributed by atoms with Crippen LogP contribution in [0, 0.1) is 6.92 Å². The maximum atomic E-state index is 12.7. The highest BCUT2D eigenvalue weighted by Crippen LogP contribution is 2.35. The number of hydrogen-bond acceptors (Lipinski definition) is 5. The number of rotatable bonds is 3. The lowest BCUT2D eigenvalue weighted by Gasteiger charge is -2.18. The van der Waals surface area contributed by atoms with Crippen LogP contribution < -0.4 is 19.7 Å². The first-order chi connectivity index (χ1) is 11.6. The molecule has 2 heterocycles. The Balaban J connectivity index is 1.57. The van der Waals surface area contributed by atoms with Gasteiger partial charge >= 0.3 is 0 Å². The largest absolute Gasteiger partial charge is 0.454 e. The lowest BCUT2D eigenvalue weighted by Crippen LogP contribution is -2.35. The minimum absolute atomic E-state index is 0.127. The molecule has 0 aromatic heterocycles. The van der Waals surface area contributed by atoms with Gasteiger partial charge in [0.25, 0.3) is 5.91 Å². The summed E-state index contributed by atoms with van der Waals surface area (Å²) in [5.74, 6) is 0.864. The van der Waals surface area contributed by atoms with E-state index in [1.165, 1.54) is 4.90 Å². The van der Waals surface area contributed by atoms with Gasteiger partial charge in [-0.25, -0.2) is 4.90 Å². The monoisotopic (exact) mass is 324 g/mol. The molecule has 0 unspecified atom stereocenters. The zero-order valence-corrected chi connectivity index (χ0v) is 13.1. The van der Waals surface area contributed by atoms with Gasteiger partial charge in [0.05, 0.1) is 12.1 Å². The van der Waals surface area contributed by atoms with E-state index in [0.717, 1.165) is 11.3 Å². The summed E-state index contributed by atoms with van der Waals surface area (Å²) >= 11 is 0. The molecule has 1 atom stereocenters. The lowest BCUT2D eigenvalue weighted by atomic mass is 10.2. The average molecular weight is 324 g/mol. The van der Waals surface area contributed by atoms with Gasteiger partial charge in [0.2, 0.25) is 12.7 Å². The molecule has 0 saturated carbocycles. The molecule has 1 N–H and O–H groups in total. The van der Waals surface area contributed by atoms with Gasteiger partial charge in [0, 0.05) is 11.8 Å². The summed E-state index contributed by atoms with van der Waals surface area (Å²) in [4.78, 5) is 26.3. The number of para-hydroxylation sites is 1. The molecule has 2 aliphatic heterocycles. The normalized spacial score (nSPS) is 19.0. The Labute approximate surface area is 139 Å². The Bertz CT molecular complexity index is 834. The smallest absolute Gasteiger partial charge is 0.256 e. The molecule has 6 nitrogen and oxygen atoms in total. The first-order valence-electron chi connectivity index (χ1n) is 7.72. The number of carbonyl (C=O) groups is 2. The van der Waals surface area contributed by atoms with E-state index in [-0.39, 0.29) is 25.0 Å². The third kappa shape index (κ3) is 2.36. The van der Waals surface area contributed by atoms with Gasteiger partial charge in [-0.2, -0.15) is 0 Å². The third-order valence-corrected chi connectivity index (χ3v) is 4.22. The van der Waals surface area contributed by atoms with Crippen LogP contribution in [0.2, 0.25) is 0 Å². The number of ether oxygens (including phenoxy) is 2. The highest BCUT2D eigenvalue weighted by atomic mass is 16.7. The van der Waals surface area contributed by atoms with Gasteiger partial charge in [0.15, 0.2) is 11.5 Å². The van der Waals surface area contributed by atoms with Crippen molar-refractivity contribution in [2.75, 3.05) is 17.0 Å². The number of imide groups is 1. The fourth-order valence-electron chi connectivity index (χ4n) is 3.00. The van der Waals surface area contributed by atoms with Crippen molar-refractivity contribution in [1.29, 1.82) is 0 Å². The SMILES string of the molecule is Cc1ccccc1N1C(=O)C[C@@H](Nc2ccc3c(c2)OCO3)C1=O. The number of fused-ring (bicyclic) bond motifs is 1. The van der Waals surface area contributed by atoms with E-state index in [1.807, 2.05) is 31.2 Å². The first kappa shape index (κ1) is 14.6. The lowest BCUT2D eigenvalue weighted by molar-refractivity contribution is -0.121. The molecule has 2 aromatic carbocycles. The van der Waals surface area contributed by atoms with Gasteiger partial charge < -0.3 is 14.8 Å². The van der Waals surface area contributed by atoms with Gasteiger partial charge in [-0.1, -0.05) is 18.2 Å². The molecule has 0 aliphatic carbocycles. The van der Waals surface area contributed by atoms with Gasteiger partial charge in [-0.3, -0.25) is 9.59 Å². The number of benzene rings is 2. The number of hydrogen-bond donors (Lipinski definition) is 1. The predicted molar refractivity (Wildman–Crippen MR) is 88.3 cm³/mol. The molecule has 2 amide bonds. The Morgan fingerprint density at radius 2 is 1.88 bits per heavy atom. The second-order valence-corrected chi connectivity index (χ2v) is 5.82. The molecule has 6 heteroatoms. The van der Waals surface area contributed by atoms with E-state index in [4.69, 9.17) is 9.47 Å². The zero-order valence-electron chi connectivity index (χ0n) is 13.1. The predicted octanol–water partition coefficient (Wildman–Crippen LogP) is 2.47. The van der Waals surface area contributed by atoms with E-state index in [1.54, 1.807) is 18.2 Å². The standard InChI is InChI=1S/C18H16N2O4/c1-11-4-2-3-5-14(11)20-17(21)9-13(18(20)22)19-12-6-7-15-16(8-12)24-10-23-15/h2-8,13,19H,9-10H2,1H3/t13-/m1/s1. The van der Waals surface area contributed by atoms with Crippen molar-refractivity contribution in [2.24, 2.45) is 0 Å². The van der Waals surface area contributed by atoms with Crippen LogP contribution in [-0.4, -0.2) is 24.6 Å². The summed E-state index contributed by atoms with van der Waals surface area (Å²) in [7, 11) is 0. The summed E-state index contributed by atoms with van der Waals surface area (Å²) < 4.78 is 10.6. The summed E-state index contributed by atoms with van der Waals surface area (Å²) in [6.45, 7) is 2.08. The summed E-state index contributed by atoms with van der Waals surface area (Å²) in [6.07, 6.45) is 0.127. The number of carbonyl (C=O) groups excluding carboxylic acids is 2. The first-order valence-corrected chi connectivity index (χ1v) is 7.72. The van der Waals surface area contributed by atoms with Crippen LogP contribution in [0.25, 0.3) is 0 Å². The van der Waals surface area contributed by atoms with E-state index in [2.05, 4.69) is 5.32 Å². The van der Waals surface area contributed by atoms with Crippen molar-refractivity contribution in [2.45, 2.75) is 19.4 Å². The Morgan fingerprint density at radius 1 is 1.08 bits per heavy atom. The summed E-state index contributed by atoms with van der Waals surface area (Å²) in [5, 5.41) is 3.12. The van der Waals surface area contributed by atoms with Crippen molar-refractivity contribution < 1.29 is 19.1 Å². The number of amides is 2. The molecular weight excluding hydrogens is 308 g/mol. The van der Waals surface area contributed by atoms with Crippen molar-refractivity contribution in [3.05, 3.63) is 48.0 Å². The van der Waals surface area contributed by atoms with Crippen LogP contribution in [0.3, 0.4) is 0 Å². The maximum absolute atomic E-state index is 12.7. The molecule has 122 valence electrons. The molecular formula is C18H16N2O4. The Morgan fingerprint density at radius 3 is 2.71 bits per heavy atom. The molecule has 0 spiro atoms. The second-order valence-electron chi connectivity index (χ2n) is 5.82. The minimum atomic E-state index is -0.586. The fourth-order valence-corrected chi connectivity index (χ4v) is 3.00. The number of aryl methyl sites for hydroxylation is 1. The number of nitrogens with one attached hydrogen (secondary N) is 1. The van der Waals surface area contributed by atoms with E-state index in [0.29, 0.717) is 17.2 Å². The minimum Gasteiger partial charge on any atom is -0.454 e. The molecule has 1 fully saturated rings. The molecule has 2 aromatic rings. The van der Waals surface area contributed by atoms with Crippen LogP contribution in [0.4, 0.5) is 11.4 Å². The second kappa shape index (κ2) is 5.56. The van der Waals surface area contributed by atoms with Gasteiger partial charge in [0.1, 0.15) is 6.04 Å². The van der Waals surface area contributed by atoms with Crippen LogP contribution >= 0.6 is 0 Å². The van der Waals surface area contributed by atoms with Crippen molar-refractivity contribution in [3.8, 4) is 11.5 Å². The number of nitrogens with zero attached hydrogens (tertiary/aromatic N) is 1. The highest BCUT2D eigenvalue weighted by molar-refractivity contribution is 6.23. The number of anilines is 2.